The molecule has 2 rings (SSSR count). The molecule has 19 heavy (non-hydrogen) atoms. The maximum atomic E-state index is 5.20. The van der Waals surface area contributed by atoms with Gasteiger partial charge in [-0.2, -0.15) is 0 Å². The van der Waals surface area contributed by atoms with E-state index < -0.39 is 0 Å². The minimum atomic E-state index is 0.631. The summed E-state index contributed by atoms with van der Waals surface area (Å²) in [7, 11) is 1.75. The van der Waals surface area contributed by atoms with Crippen LogP contribution in [0.1, 0.15) is 45.1 Å². The molecule has 0 aliphatic heterocycles. The fraction of sp³-hybridized carbons (Fsp3) is 0.647. The van der Waals surface area contributed by atoms with E-state index in [1.807, 2.05) is 0 Å². The van der Waals surface area contributed by atoms with Crippen molar-refractivity contribution in [1.29, 1.82) is 0 Å². The first-order valence-electron chi connectivity index (χ1n) is 7.55. The van der Waals surface area contributed by atoms with E-state index in [-0.39, 0.29) is 0 Å². The quantitative estimate of drug-likeness (QED) is 0.845. The Labute approximate surface area is 117 Å². The van der Waals surface area contributed by atoms with E-state index >= 15 is 0 Å². The maximum absolute atomic E-state index is 5.20. The van der Waals surface area contributed by atoms with Gasteiger partial charge in [0.15, 0.2) is 0 Å². The molecule has 1 aliphatic rings. The molecule has 2 nitrogen and oxygen atoms in total. The normalized spacial score (nSPS) is 23.6. The summed E-state index contributed by atoms with van der Waals surface area (Å²) in [5.74, 6) is 1.57. The number of nitrogens with one attached hydrogen (secondary N) is 1. The highest BCUT2D eigenvalue weighted by Gasteiger charge is 2.27. The van der Waals surface area contributed by atoms with Crippen molar-refractivity contribution in [2.24, 2.45) is 11.8 Å². The molecule has 2 heteroatoms. The first-order valence-corrected chi connectivity index (χ1v) is 7.55. The minimum absolute atomic E-state index is 0.631. The molecule has 0 spiro atoms. The van der Waals surface area contributed by atoms with Gasteiger partial charge in [-0.25, -0.2) is 0 Å². The lowest BCUT2D eigenvalue weighted by molar-refractivity contribution is 0.185. The van der Waals surface area contributed by atoms with Crippen LogP contribution in [0.3, 0.4) is 0 Å². The molecule has 2 atom stereocenters. The highest BCUT2D eigenvalue weighted by atomic mass is 16.5. The lowest BCUT2D eigenvalue weighted by Gasteiger charge is -2.35. The molecule has 0 heterocycles. The largest absolute Gasteiger partial charge is 0.382 e. The summed E-state index contributed by atoms with van der Waals surface area (Å²) < 4.78 is 5.20. The second-order valence-corrected chi connectivity index (χ2v) is 6.08. The lowest BCUT2D eigenvalue weighted by Crippen LogP contribution is -2.35. The Morgan fingerprint density at radius 2 is 2.05 bits per heavy atom. The smallest absolute Gasteiger partial charge is 0.0713 e. The van der Waals surface area contributed by atoms with Crippen LogP contribution in [0.4, 0.5) is 5.69 Å². The predicted molar refractivity (Wildman–Crippen MR) is 81.4 cm³/mol. The second kappa shape index (κ2) is 6.95. The number of methoxy groups -OCH3 is 1. The molecule has 1 aromatic carbocycles. The van der Waals surface area contributed by atoms with Crippen molar-refractivity contribution in [1.82, 2.24) is 0 Å². The van der Waals surface area contributed by atoms with Crippen molar-refractivity contribution >= 4 is 5.69 Å². The Morgan fingerprint density at radius 3 is 2.79 bits per heavy atom. The van der Waals surface area contributed by atoms with Crippen LogP contribution in [0.5, 0.6) is 0 Å². The van der Waals surface area contributed by atoms with E-state index in [1.54, 1.807) is 7.11 Å². The van der Waals surface area contributed by atoms with Crippen molar-refractivity contribution in [3.63, 3.8) is 0 Å². The number of hydrogen-bond acceptors (Lipinski definition) is 2. The van der Waals surface area contributed by atoms with Crippen molar-refractivity contribution in [3.8, 4) is 0 Å². The molecule has 1 N–H and O–H groups in total. The standard InChI is InChI=1S/C17H27NO/c1-13(2)16-9-4-5-10-17(16)18-15-8-6-7-14(11-15)12-19-3/h6-8,11,13,16-18H,4-5,9-10,12H2,1-3H3. The van der Waals surface area contributed by atoms with E-state index in [9.17, 15) is 0 Å². The van der Waals surface area contributed by atoms with Gasteiger partial charge < -0.3 is 10.1 Å². The van der Waals surface area contributed by atoms with Crippen LogP contribution >= 0.6 is 0 Å². The molecule has 0 saturated heterocycles. The average molecular weight is 261 g/mol. The first-order chi connectivity index (χ1) is 9.20. The van der Waals surface area contributed by atoms with E-state index in [2.05, 4.69) is 43.4 Å². The average Bonchev–Trinajstić information content (AvgIpc) is 2.40. The Balaban J connectivity index is 2.04. The van der Waals surface area contributed by atoms with Crippen LogP contribution in [-0.2, 0) is 11.3 Å². The van der Waals surface area contributed by atoms with Crippen molar-refractivity contribution in [2.75, 3.05) is 12.4 Å². The van der Waals surface area contributed by atoms with Crippen LogP contribution in [-0.4, -0.2) is 13.2 Å². The summed E-state index contributed by atoms with van der Waals surface area (Å²) in [5, 5.41) is 3.76. The van der Waals surface area contributed by atoms with Gasteiger partial charge in [0.2, 0.25) is 0 Å². The third-order valence-corrected chi connectivity index (χ3v) is 4.27. The molecule has 1 aromatic rings. The number of benzene rings is 1. The summed E-state index contributed by atoms with van der Waals surface area (Å²) in [5.41, 5.74) is 2.48. The summed E-state index contributed by atoms with van der Waals surface area (Å²) >= 11 is 0. The number of hydrogen-bond donors (Lipinski definition) is 1. The lowest BCUT2D eigenvalue weighted by atomic mass is 9.78. The molecule has 0 aromatic heterocycles. The number of ether oxygens (including phenoxy) is 1. The monoisotopic (exact) mass is 261 g/mol. The van der Waals surface area contributed by atoms with Crippen LogP contribution < -0.4 is 5.32 Å². The highest BCUT2D eigenvalue weighted by Crippen LogP contribution is 2.32. The molecule has 1 saturated carbocycles. The minimum Gasteiger partial charge on any atom is -0.382 e. The second-order valence-electron chi connectivity index (χ2n) is 6.08. The molecule has 0 bridgehead atoms. The van der Waals surface area contributed by atoms with Gasteiger partial charge in [0.05, 0.1) is 6.61 Å². The number of rotatable bonds is 5. The zero-order valence-electron chi connectivity index (χ0n) is 12.5. The summed E-state index contributed by atoms with van der Waals surface area (Å²) in [4.78, 5) is 0. The molecule has 0 radical (unpaired) electrons. The molecular formula is C17H27NO. The van der Waals surface area contributed by atoms with E-state index in [1.165, 1.54) is 36.9 Å². The zero-order valence-corrected chi connectivity index (χ0v) is 12.5. The molecule has 1 fully saturated rings. The summed E-state index contributed by atoms with van der Waals surface area (Å²) in [6, 6.07) is 9.26. The Hall–Kier alpha value is -1.02. The van der Waals surface area contributed by atoms with E-state index in [0.29, 0.717) is 12.6 Å². The van der Waals surface area contributed by atoms with Gasteiger partial charge in [0, 0.05) is 18.8 Å². The van der Waals surface area contributed by atoms with Gasteiger partial charge in [-0.1, -0.05) is 38.8 Å². The van der Waals surface area contributed by atoms with Crippen LogP contribution in [0.15, 0.2) is 24.3 Å². The van der Waals surface area contributed by atoms with Crippen molar-refractivity contribution in [3.05, 3.63) is 29.8 Å². The fourth-order valence-corrected chi connectivity index (χ4v) is 3.27. The Kier molecular flexibility index (Phi) is 5.26. The Bertz CT molecular complexity index is 389. The van der Waals surface area contributed by atoms with Crippen molar-refractivity contribution < 1.29 is 4.74 Å². The van der Waals surface area contributed by atoms with E-state index in [0.717, 1.165) is 11.8 Å². The van der Waals surface area contributed by atoms with Gasteiger partial charge in [0.1, 0.15) is 0 Å². The zero-order chi connectivity index (χ0) is 13.7. The third-order valence-electron chi connectivity index (χ3n) is 4.27. The maximum Gasteiger partial charge on any atom is 0.0713 e. The van der Waals surface area contributed by atoms with Crippen LogP contribution in [0.2, 0.25) is 0 Å². The van der Waals surface area contributed by atoms with Gasteiger partial charge >= 0.3 is 0 Å². The van der Waals surface area contributed by atoms with Crippen LogP contribution in [0, 0.1) is 11.8 Å². The number of anilines is 1. The molecule has 1 aliphatic carbocycles. The predicted octanol–water partition coefficient (Wildman–Crippen LogP) is 4.46. The summed E-state index contributed by atoms with van der Waals surface area (Å²) in [6.45, 7) is 5.39. The van der Waals surface area contributed by atoms with Gasteiger partial charge in [-0.3, -0.25) is 0 Å². The topological polar surface area (TPSA) is 21.3 Å². The molecule has 106 valence electrons. The summed E-state index contributed by atoms with van der Waals surface area (Å²) in [6.07, 6.45) is 5.42. The highest BCUT2D eigenvalue weighted by molar-refractivity contribution is 5.46. The first kappa shape index (κ1) is 14.4. The molecule has 2 unspecified atom stereocenters. The fourth-order valence-electron chi connectivity index (χ4n) is 3.27. The van der Waals surface area contributed by atoms with Gasteiger partial charge in [0.25, 0.3) is 0 Å². The van der Waals surface area contributed by atoms with Crippen LogP contribution in [0.25, 0.3) is 0 Å². The third kappa shape index (κ3) is 3.97. The Morgan fingerprint density at radius 1 is 1.26 bits per heavy atom. The van der Waals surface area contributed by atoms with E-state index in [4.69, 9.17) is 4.74 Å². The SMILES string of the molecule is COCc1cccc(NC2CCCCC2C(C)C)c1. The molecule has 0 amide bonds. The van der Waals surface area contributed by atoms with Crippen molar-refractivity contribution in [2.45, 2.75) is 52.2 Å². The molecular weight excluding hydrogens is 234 g/mol. The van der Waals surface area contributed by atoms with Gasteiger partial charge in [-0.15, -0.1) is 0 Å². The van der Waals surface area contributed by atoms with Gasteiger partial charge in [-0.05, 0) is 42.4 Å².